The third-order valence-electron chi connectivity index (χ3n) is 3.98. The van der Waals surface area contributed by atoms with Gasteiger partial charge in [-0.2, -0.15) is 5.10 Å². The van der Waals surface area contributed by atoms with Crippen LogP contribution in [0.3, 0.4) is 0 Å². The van der Waals surface area contributed by atoms with Crippen molar-refractivity contribution in [3.05, 3.63) is 18.3 Å². The third kappa shape index (κ3) is 2.27. The SMILES string of the molecule is COc1cc2cn(C3CCCCC3)nc2cc1OC. The lowest BCUT2D eigenvalue weighted by molar-refractivity contribution is 0.331. The van der Waals surface area contributed by atoms with Gasteiger partial charge in [-0.3, -0.25) is 4.68 Å². The van der Waals surface area contributed by atoms with Crippen molar-refractivity contribution in [1.82, 2.24) is 9.78 Å². The van der Waals surface area contributed by atoms with E-state index < -0.39 is 0 Å². The van der Waals surface area contributed by atoms with Crippen molar-refractivity contribution in [3.63, 3.8) is 0 Å². The highest BCUT2D eigenvalue weighted by atomic mass is 16.5. The molecule has 0 aliphatic heterocycles. The molecule has 1 aromatic carbocycles. The van der Waals surface area contributed by atoms with Gasteiger partial charge in [0.1, 0.15) is 0 Å². The summed E-state index contributed by atoms with van der Waals surface area (Å²) in [5.41, 5.74) is 0.975. The summed E-state index contributed by atoms with van der Waals surface area (Å²) in [6.07, 6.45) is 8.59. The van der Waals surface area contributed by atoms with Crippen LogP contribution in [-0.4, -0.2) is 24.0 Å². The Morgan fingerprint density at radius 1 is 1.05 bits per heavy atom. The Kier molecular flexibility index (Phi) is 3.32. The predicted molar refractivity (Wildman–Crippen MR) is 75.0 cm³/mol. The van der Waals surface area contributed by atoms with Crippen molar-refractivity contribution in [1.29, 1.82) is 0 Å². The van der Waals surface area contributed by atoms with Crippen molar-refractivity contribution in [2.45, 2.75) is 38.1 Å². The standard InChI is InChI=1S/C15H20N2O2/c1-18-14-8-11-10-17(12-6-4-3-5-7-12)16-13(11)9-15(14)19-2/h8-10,12H,3-7H2,1-2H3. The molecule has 1 aliphatic rings. The second-order valence-corrected chi connectivity index (χ2v) is 5.17. The number of fused-ring (bicyclic) bond motifs is 1. The van der Waals surface area contributed by atoms with Crippen LogP contribution < -0.4 is 9.47 Å². The third-order valence-corrected chi connectivity index (χ3v) is 3.98. The van der Waals surface area contributed by atoms with E-state index in [2.05, 4.69) is 10.9 Å². The van der Waals surface area contributed by atoms with Gasteiger partial charge >= 0.3 is 0 Å². The smallest absolute Gasteiger partial charge is 0.162 e. The van der Waals surface area contributed by atoms with Crippen molar-refractivity contribution in [2.75, 3.05) is 14.2 Å². The normalized spacial score (nSPS) is 16.7. The van der Waals surface area contributed by atoms with Gasteiger partial charge in [0, 0.05) is 17.6 Å². The molecule has 0 amide bonds. The number of rotatable bonds is 3. The van der Waals surface area contributed by atoms with E-state index in [0.717, 1.165) is 22.4 Å². The van der Waals surface area contributed by atoms with E-state index in [9.17, 15) is 0 Å². The number of benzene rings is 1. The largest absolute Gasteiger partial charge is 0.493 e. The molecule has 4 heteroatoms. The van der Waals surface area contributed by atoms with Crippen LogP contribution in [0.2, 0.25) is 0 Å². The van der Waals surface area contributed by atoms with Crippen LogP contribution in [0.25, 0.3) is 10.9 Å². The van der Waals surface area contributed by atoms with Crippen LogP contribution in [0.15, 0.2) is 18.3 Å². The van der Waals surface area contributed by atoms with E-state index in [1.54, 1.807) is 14.2 Å². The van der Waals surface area contributed by atoms with Gasteiger partial charge in [-0.25, -0.2) is 0 Å². The molecule has 1 heterocycles. The zero-order chi connectivity index (χ0) is 13.2. The summed E-state index contributed by atoms with van der Waals surface area (Å²) in [4.78, 5) is 0. The molecule has 0 radical (unpaired) electrons. The first-order valence-corrected chi connectivity index (χ1v) is 6.92. The molecule has 0 N–H and O–H groups in total. The van der Waals surface area contributed by atoms with E-state index in [4.69, 9.17) is 14.6 Å². The molecule has 102 valence electrons. The minimum atomic E-state index is 0.554. The highest BCUT2D eigenvalue weighted by Gasteiger charge is 2.17. The second kappa shape index (κ2) is 5.11. The lowest BCUT2D eigenvalue weighted by atomic mass is 9.96. The first-order valence-electron chi connectivity index (χ1n) is 6.92. The molecule has 0 bridgehead atoms. The van der Waals surface area contributed by atoms with Crippen LogP contribution >= 0.6 is 0 Å². The summed E-state index contributed by atoms with van der Waals surface area (Å²) in [7, 11) is 3.32. The van der Waals surface area contributed by atoms with E-state index in [-0.39, 0.29) is 0 Å². The topological polar surface area (TPSA) is 36.3 Å². The first kappa shape index (κ1) is 12.3. The molecule has 0 saturated heterocycles. The van der Waals surface area contributed by atoms with Crippen LogP contribution in [0.1, 0.15) is 38.1 Å². The number of ether oxygens (including phenoxy) is 2. The maximum absolute atomic E-state index is 5.34. The fourth-order valence-corrected chi connectivity index (χ4v) is 2.90. The molecule has 1 aliphatic carbocycles. The van der Waals surface area contributed by atoms with Crippen LogP contribution in [-0.2, 0) is 0 Å². The van der Waals surface area contributed by atoms with E-state index in [1.807, 2.05) is 12.1 Å². The Hall–Kier alpha value is -1.71. The molecule has 19 heavy (non-hydrogen) atoms. The Balaban J connectivity index is 1.99. The molecular weight excluding hydrogens is 240 g/mol. The van der Waals surface area contributed by atoms with Gasteiger partial charge in [0.25, 0.3) is 0 Å². The molecule has 0 atom stereocenters. The molecule has 1 saturated carbocycles. The first-order chi connectivity index (χ1) is 9.31. The van der Waals surface area contributed by atoms with Crippen molar-refractivity contribution >= 4 is 10.9 Å². The molecule has 3 rings (SSSR count). The minimum Gasteiger partial charge on any atom is -0.493 e. The average Bonchev–Trinajstić information content (AvgIpc) is 2.89. The van der Waals surface area contributed by atoms with Gasteiger partial charge in [-0.15, -0.1) is 0 Å². The lowest BCUT2D eigenvalue weighted by Gasteiger charge is -2.21. The van der Waals surface area contributed by atoms with Gasteiger partial charge in [0.15, 0.2) is 11.5 Å². The summed E-state index contributed by atoms with van der Waals surface area (Å²) < 4.78 is 12.8. The molecular formula is C15H20N2O2. The van der Waals surface area contributed by atoms with Crippen molar-refractivity contribution in [3.8, 4) is 11.5 Å². The molecule has 1 aromatic heterocycles. The summed E-state index contributed by atoms with van der Waals surface area (Å²) in [5, 5.41) is 5.82. The Morgan fingerprint density at radius 2 is 1.74 bits per heavy atom. The zero-order valence-electron chi connectivity index (χ0n) is 11.6. The number of hydrogen-bond donors (Lipinski definition) is 0. The summed E-state index contributed by atoms with van der Waals surface area (Å²) in [6.45, 7) is 0. The molecule has 4 nitrogen and oxygen atoms in total. The van der Waals surface area contributed by atoms with Gasteiger partial charge in [-0.05, 0) is 18.9 Å². The summed E-state index contributed by atoms with van der Waals surface area (Å²) in [6, 6.07) is 4.51. The van der Waals surface area contributed by atoms with Crippen molar-refractivity contribution < 1.29 is 9.47 Å². The van der Waals surface area contributed by atoms with Gasteiger partial charge < -0.3 is 9.47 Å². The zero-order valence-corrected chi connectivity index (χ0v) is 11.6. The van der Waals surface area contributed by atoms with Gasteiger partial charge in [0.2, 0.25) is 0 Å². The van der Waals surface area contributed by atoms with E-state index in [1.165, 1.54) is 32.1 Å². The minimum absolute atomic E-state index is 0.554. The number of aromatic nitrogens is 2. The lowest BCUT2D eigenvalue weighted by Crippen LogP contribution is -2.12. The predicted octanol–water partition coefficient (Wildman–Crippen LogP) is 3.56. The van der Waals surface area contributed by atoms with Crippen LogP contribution in [0.5, 0.6) is 11.5 Å². The Bertz CT molecular complexity index is 530. The van der Waals surface area contributed by atoms with Crippen LogP contribution in [0, 0.1) is 0 Å². The monoisotopic (exact) mass is 260 g/mol. The second-order valence-electron chi connectivity index (χ2n) is 5.17. The van der Waals surface area contributed by atoms with E-state index in [0.29, 0.717) is 6.04 Å². The number of hydrogen-bond acceptors (Lipinski definition) is 3. The molecule has 0 unspecified atom stereocenters. The number of nitrogens with zero attached hydrogens (tertiary/aromatic N) is 2. The Labute approximate surface area is 113 Å². The fourth-order valence-electron chi connectivity index (χ4n) is 2.90. The highest BCUT2D eigenvalue weighted by Crippen LogP contribution is 2.34. The molecule has 1 fully saturated rings. The number of methoxy groups -OCH3 is 2. The highest BCUT2D eigenvalue weighted by molar-refractivity contribution is 5.82. The maximum atomic E-state index is 5.34. The molecule has 0 spiro atoms. The fraction of sp³-hybridized carbons (Fsp3) is 0.533. The van der Waals surface area contributed by atoms with Crippen LogP contribution in [0.4, 0.5) is 0 Å². The van der Waals surface area contributed by atoms with Gasteiger partial charge in [-0.1, -0.05) is 19.3 Å². The Morgan fingerprint density at radius 3 is 2.42 bits per heavy atom. The van der Waals surface area contributed by atoms with Gasteiger partial charge in [0.05, 0.1) is 25.8 Å². The average molecular weight is 260 g/mol. The quantitative estimate of drug-likeness (QED) is 0.846. The summed E-state index contributed by atoms with van der Waals surface area (Å²) in [5.74, 6) is 1.50. The van der Waals surface area contributed by atoms with E-state index >= 15 is 0 Å². The maximum Gasteiger partial charge on any atom is 0.162 e. The summed E-state index contributed by atoms with van der Waals surface area (Å²) >= 11 is 0. The van der Waals surface area contributed by atoms with Crippen molar-refractivity contribution in [2.24, 2.45) is 0 Å². The molecule has 2 aromatic rings.